The van der Waals surface area contributed by atoms with Crippen LogP contribution in [0.5, 0.6) is 0 Å². The molecule has 0 spiro atoms. The molecular weight excluding hydrogens is 259 g/mol. The predicted molar refractivity (Wildman–Crippen MR) is 81.4 cm³/mol. The van der Waals surface area contributed by atoms with E-state index in [2.05, 4.69) is 0 Å². The van der Waals surface area contributed by atoms with E-state index in [4.69, 9.17) is 0 Å². The molecule has 0 saturated heterocycles. The van der Waals surface area contributed by atoms with E-state index in [1.807, 2.05) is 5.57 Å². The molecule has 5 atom stereocenters. The van der Waals surface area contributed by atoms with Crippen molar-refractivity contribution in [1.82, 2.24) is 0 Å². The first-order valence-electron chi connectivity index (χ1n) is 9.64. The summed E-state index contributed by atoms with van der Waals surface area (Å²) < 4.78 is 14.9. The third kappa shape index (κ3) is 1.51. The zero-order chi connectivity index (χ0) is 13.7. The fraction of sp³-hybridized carbons (Fsp3) is 0.900. The SMILES string of the molecule is FC1[C@@H]2C[C@H]3C[C@@H](C2)C(=C2C4CC5CC(C4)CC2C5)[C@@H]1C3. The molecule has 0 nitrogen and oxygen atoms in total. The summed E-state index contributed by atoms with van der Waals surface area (Å²) >= 11 is 0. The van der Waals surface area contributed by atoms with Gasteiger partial charge in [-0.1, -0.05) is 11.1 Å². The van der Waals surface area contributed by atoms with E-state index in [-0.39, 0.29) is 0 Å². The zero-order valence-electron chi connectivity index (χ0n) is 12.9. The van der Waals surface area contributed by atoms with Gasteiger partial charge in [-0.05, 0) is 99.2 Å². The number of hydrogen-bond donors (Lipinski definition) is 0. The van der Waals surface area contributed by atoms with E-state index in [9.17, 15) is 4.39 Å². The first-order valence-corrected chi connectivity index (χ1v) is 9.64. The van der Waals surface area contributed by atoms with Crippen LogP contribution in [0, 0.1) is 47.3 Å². The summed E-state index contributed by atoms with van der Waals surface area (Å²) in [6.45, 7) is 0. The number of alkyl halides is 1. The first-order chi connectivity index (χ1) is 10.3. The third-order valence-electron chi connectivity index (χ3n) is 8.45. The number of hydrogen-bond acceptors (Lipinski definition) is 0. The van der Waals surface area contributed by atoms with Gasteiger partial charge in [-0.3, -0.25) is 0 Å². The second-order valence-electron chi connectivity index (χ2n) is 9.53. The maximum absolute atomic E-state index is 14.9. The Morgan fingerprint density at radius 1 is 0.571 bits per heavy atom. The molecule has 0 heterocycles. The van der Waals surface area contributed by atoms with Crippen molar-refractivity contribution in [3.63, 3.8) is 0 Å². The summed E-state index contributed by atoms with van der Waals surface area (Å²) in [5, 5.41) is 0. The van der Waals surface area contributed by atoms with Crippen LogP contribution in [0.15, 0.2) is 11.1 Å². The molecule has 8 aliphatic carbocycles. The zero-order valence-corrected chi connectivity index (χ0v) is 12.9. The minimum absolute atomic E-state index is 0.369. The van der Waals surface area contributed by atoms with Gasteiger partial charge in [0.05, 0.1) is 0 Å². The average Bonchev–Trinajstić information content (AvgIpc) is 2.45. The highest BCUT2D eigenvalue weighted by Crippen LogP contribution is 2.63. The Morgan fingerprint density at radius 3 is 1.81 bits per heavy atom. The summed E-state index contributed by atoms with van der Waals surface area (Å²) in [6.07, 6.45) is 12.0. The molecule has 8 aliphatic rings. The minimum Gasteiger partial charge on any atom is -0.247 e. The molecule has 0 N–H and O–H groups in total. The van der Waals surface area contributed by atoms with Crippen LogP contribution >= 0.6 is 0 Å². The number of rotatable bonds is 0. The Kier molecular flexibility index (Phi) is 2.28. The summed E-state index contributed by atoms with van der Waals surface area (Å²) in [7, 11) is 0. The molecule has 0 radical (unpaired) electrons. The molecule has 8 bridgehead atoms. The lowest BCUT2D eigenvalue weighted by atomic mass is 9.47. The summed E-state index contributed by atoms with van der Waals surface area (Å²) in [6, 6.07) is 0. The molecule has 8 fully saturated rings. The van der Waals surface area contributed by atoms with Gasteiger partial charge in [-0.25, -0.2) is 4.39 Å². The van der Waals surface area contributed by atoms with E-state index < -0.39 is 6.17 Å². The van der Waals surface area contributed by atoms with E-state index in [1.54, 1.807) is 5.57 Å². The van der Waals surface area contributed by atoms with Crippen LogP contribution < -0.4 is 0 Å². The van der Waals surface area contributed by atoms with Crippen LogP contribution in [-0.2, 0) is 0 Å². The molecule has 1 heteroatoms. The lowest BCUT2D eigenvalue weighted by Crippen LogP contribution is -2.50. The molecule has 21 heavy (non-hydrogen) atoms. The summed E-state index contributed by atoms with van der Waals surface area (Å²) in [4.78, 5) is 0. The van der Waals surface area contributed by atoms with Crippen LogP contribution in [0.2, 0.25) is 0 Å². The third-order valence-corrected chi connectivity index (χ3v) is 8.45. The molecule has 0 aromatic rings. The lowest BCUT2D eigenvalue weighted by molar-refractivity contribution is -0.0187. The summed E-state index contributed by atoms with van der Waals surface area (Å²) in [5.41, 5.74) is 3.59. The van der Waals surface area contributed by atoms with E-state index >= 15 is 0 Å². The van der Waals surface area contributed by atoms with Gasteiger partial charge in [0, 0.05) is 5.92 Å². The van der Waals surface area contributed by atoms with Crippen molar-refractivity contribution < 1.29 is 4.39 Å². The Labute approximate surface area is 127 Å². The standard InChI is InChI=1S/C20H27F/c21-20-16-7-12-6-15(9-16)19(17(20)8-12)18-13-2-10-1-11(4-13)5-14(18)3-10/h10-17,20H,1-9H2/t10?,11?,12-,13?,14?,15+,16-,17+,20?/m1/s1. The summed E-state index contributed by atoms with van der Waals surface area (Å²) in [5.74, 6) is 6.35. The predicted octanol–water partition coefficient (Wildman–Crippen LogP) is 5.14. The van der Waals surface area contributed by atoms with Crippen molar-refractivity contribution in [2.24, 2.45) is 47.3 Å². The van der Waals surface area contributed by atoms with Gasteiger partial charge in [0.25, 0.3) is 0 Å². The van der Waals surface area contributed by atoms with Crippen molar-refractivity contribution >= 4 is 0 Å². The maximum atomic E-state index is 14.9. The van der Waals surface area contributed by atoms with E-state index in [0.717, 1.165) is 35.5 Å². The van der Waals surface area contributed by atoms with Gasteiger partial charge in [0.1, 0.15) is 6.17 Å². The van der Waals surface area contributed by atoms with Gasteiger partial charge in [-0.15, -0.1) is 0 Å². The Balaban J connectivity index is 1.47. The molecular formula is C20H27F. The molecule has 0 aromatic heterocycles. The van der Waals surface area contributed by atoms with Crippen LogP contribution in [0.4, 0.5) is 4.39 Å². The largest absolute Gasteiger partial charge is 0.247 e. The van der Waals surface area contributed by atoms with Gasteiger partial charge in [0.15, 0.2) is 0 Å². The molecule has 8 saturated carbocycles. The van der Waals surface area contributed by atoms with Crippen molar-refractivity contribution in [2.45, 2.75) is 64.0 Å². The van der Waals surface area contributed by atoms with Crippen molar-refractivity contribution in [3.8, 4) is 0 Å². The molecule has 114 valence electrons. The first kappa shape index (κ1) is 12.1. The quantitative estimate of drug-likeness (QED) is 0.541. The van der Waals surface area contributed by atoms with Gasteiger partial charge >= 0.3 is 0 Å². The minimum atomic E-state index is -0.475. The Hall–Kier alpha value is -0.330. The van der Waals surface area contributed by atoms with Crippen molar-refractivity contribution in [3.05, 3.63) is 11.1 Å². The molecule has 0 aromatic carbocycles. The van der Waals surface area contributed by atoms with Gasteiger partial charge < -0.3 is 0 Å². The lowest BCUT2D eigenvalue weighted by Gasteiger charge is -2.58. The highest BCUT2D eigenvalue weighted by Gasteiger charge is 2.55. The maximum Gasteiger partial charge on any atom is 0.109 e. The van der Waals surface area contributed by atoms with Gasteiger partial charge in [-0.2, -0.15) is 0 Å². The highest BCUT2D eigenvalue weighted by atomic mass is 19.1. The van der Waals surface area contributed by atoms with Crippen LogP contribution in [0.3, 0.4) is 0 Å². The van der Waals surface area contributed by atoms with Crippen molar-refractivity contribution in [1.29, 1.82) is 0 Å². The Morgan fingerprint density at radius 2 is 1.14 bits per heavy atom. The average molecular weight is 286 g/mol. The molecule has 0 aliphatic heterocycles. The number of allylic oxidation sites excluding steroid dienone is 2. The highest BCUT2D eigenvalue weighted by molar-refractivity contribution is 5.34. The number of halogens is 1. The van der Waals surface area contributed by atoms with Crippen molar-refractivity contribution in [2.75, 3.05) is 0 Å². The monoisotopic (exact) mass is 286 g/mol. The van der Waals surface area contributed by atoms with Gasteiger partial charge in [0.2, 0.25) is 0 Å². The topological polar surface area (TPSA) is 0 Å². The Bertz CT molecular complexity index is 488. The smallest absolute Gasteiger partial charge is 0.109 e. The fourth-order valence-electron chi connectivity index (χ4n) is 8.22. The molecule has 0 amide bonds. The molecule has 8 rings (SSSR count). The van der Waals surface area contributed by atoms with Crippen LogP contribution in [0.1, 0.15) is 57.8 Å². The van der Waals surface area contributed by atoms with E-state index in [1.165, 1.54) is 57.8 Å². The fourth-order valence-corrected chi connectivity index (χ4v) is 8.22. The molecule has 1 unspecified atom stereocenters. The van der Waals surface area contributed by atoms with Crippen LogP contribution in [-0.4, -0.2) is 6.17 Å². The van der Waals surface area contributed by atoms with E-state index in [0.29, 0.717) is 11.8 Å². The second-order valence-corrected chi connectivity index (χ2v) is 9.53. The second kappa shape index (κ2) is 3.95. The van der Waals surface area contributed by atoms with Crippen LogP contribution in [0.25, 0.3) is 0 Å². The normalized spacial score (nSPS) is 60.1.